The molecule has 3 heterocycles. The molecule has 0 bridgehead atoms. The van der Waals surface area contributed by atoms with Crippen molar-refractivity contribution in [3.63, 3.8) is 0 Å². The van der Waals surface area contributed by atoms with Crippen LogP contribution in [0.5, 0.6) is 0 Å². The van der Waals surface area contributed by atoms with E-state index >= 15 is 0 Å². The molecule has 1 atom stereocenters. The molecule has 1 aliphatic carbocycles. The highest BCUT2D eigenvalue weighted by molar-refractivity contribution is 5.78. The average molecular weight is 396 g/mol. The summed E-state index contributed by atoms with van der Waals surface area (Å²) in [5.41, 5.74) is 1.83. The van der Waals surface area contributed by atoms with Crippen molar-refractivity contribution in [3.8, 4) is 0 Å². The Morgan fingerprint density at radius 1 is 1.24 bits per heavy atom. The van der Waals surface area contributed by atoms with E-state index in [9.17, 15) is 9.90 Å². The number of amides is 1. The van der Waals surface area contributed by atoms with Crippen LogP contribution in [-0.2, 0) is 4.79 Å². The summed E-state index contributed by atoms with van der Waals surface area (Å²) in [6, 6.07) is 3.91. The van der Waals surface area contributed by atoms with Crippen molar-refractivity contribution >= 4 is 17.4 Å². The van der Waals surface area contributed by atoms with E-state index in [2.05, 4.69) is 15.3 Å². The molecule has 2 aromatic rings. The van der Waals surface area contributed by atoms with E-state index in [1.165, 1.54) is 0 Å². The molecule has 2 N–H and O–H groups in total. The van der Waals surface area contributed by atoms with Gasteiger partial charge in [-0.2, -0.15) is 0 Å². The highest BCUT2D eigenvalue weighted by Gasteiger charge is 2.37. The number of aromatic nitrogens is 3. The Balaban J connectivity index is 1.51. The molecular weight excluding hydrogens is 366 g/mol. The molecule has 1 saturated carbocycles. The van der Waals surface area contributed by atoms with Gasteiger partial charge in [-0.15, -0.1) is 0 Å². The second-order valence-electron chi connectivity index (χ2n) is 8.34. The van der Waals surface area contributed by atoms with Crippen LogP contribution < -0.4 is 5.32 Å². The largest absolute Gasteiger partial charge is 0.389 e. The second kappa shape index (κ2) is 8.45. The first-order valence-electron chi connectivity index (χ1n) is 10.6. The van der Waals surface area contributed by atoms with E-state index in [0.29, 0.717) is 5.82 Å². The Morgan fingerprint density at radius 2 is 2.07 bits per heavy atom. The van der Waals surface area contributed by atoms with Gasteiger partial charge >= 0.3 is 0 Å². The van der Waals surface area contributed by atoms with Crippen LogP contribution in [0, 0.1) is 6.92 Å². The topological polar surface area (TPSA) is 91.2 Å². The summed E-state index contributed by atoms with van der Waals surface area (Å²) in [6.07, 6.45) is 11.6. The van der Waals surface area contributed by atoms with Crippen LogP contribution in [0.15, 0.2) is 30.7 Å². The number of carbonyl (C=O) groups excluding carboxylic acids is 1. The van der Waals surface area contributed by atoms with E-state index in [1.807, 2.05) is 24.0 Å². The first kappa shape index (κ1) is 19.8. The van der Waals surface area contributed by atoms with Crippen LogP contribution >= 0.6 is 0 Å². The molecule has 2 fully saturated rings. The van der Waals surface area contributed by atoms with Gasteiger partial charge in [-0.05, 0) is 44.7 Å². The minimum Gasteiger partial charge on any atom is -0.389 e. The minimum absolute atomic E-state index is 0.0444. The number of nitrogens with one attached hydrogen (secondary N) is 1. The number of hydrogen-bond acceptors (Lipinski definition) is 6. The molecule has 2 aromatic heterocycles. The van der Waals surface area contributed by atoms with Crippen molar-refractivity contribution in [3.05, 3.63) is 42.1 Å². The highest BCUT2D eigenvalue weighted by Crippen LogP contribution is 2.36. The number of likely N-dealkylation sites (tertiary alicyclic amines) is 1. The number of aliphatic hydroxyl groups is 1. The fourth-order valence-electron chi connectivity index (χ4n) is 4.59. The second-order valence-corrected chi connectivity index (χ2v) is 8.34. The third-order valence-electron chi connectivity index (χ3n) is 5.99. The molecule has 7 heteroatoms. The van der Waals surface area contributed by atoms with Crippen LogP contribution in [0.1, 0.15) is 68.8 Å². The molecule has 4 rings (SSSR count). The van der Waals surface area contributed by atoms with Crippen LogP contribution in [-0.4, -0.2) is 43.0 Å². The fourth-order valence-corrected chi connectivity index (χ4v) is 4.59. The molecule has 0 spiro atoms. The number of aryl methyl sites for hydroxylation is 1. The van der Waals surface area contributed by atoms with Gasteiger partial charge in [0.05, 0.1) is 30.0 Å². The normalized spacial score (nSPS) is 21.2. The molecule has 29 heavy (non-hydrogen) atoms. The summed E-state index contributed by atoms with van der Waals surface area (Å²) in [5.74, 6) is 0.714. The van der Waals surface area contributed by atoms with Crippen molar-refractivity contribution in [1.29, 1.82) is 0 Å². The first-order valence-corrected chi connectivity index (χ1v) is 10.6. The number of anilines is 2. The molecule has 154 valence electrons. The Bertz CT molecular complexity index is 852. The third-order valence-corrected chi connectivity index (χ3v) is 5.99. The summed E-state index contributed by atoms with van der Waals surface area (Å²) < 4.78 is 0. The Morgan fingerprint density at radius 3 is 2.83 bits per heavy atom. The number of pyridine rings is 1. The van der Waals surface area contributed by atoms with Gasteiger partial charge in [0.1, 0.15) is 5.82 Å². The SMILES string of the molecule is Cc1cc(Nc2cnccn2)cc([C@H]2CCCN2C(=O)CC2(O)CCCCC2)n1. The number of carbonyl (C=O) groups is 1. The smallest absolute Gasteiger partial charge is 0.226 e. The van der Waals surface area contributed by atoms with E-state index in [4.69, 9.17) is 4.98 Å². The van der Waals surface area contributed by atoms with Crippen LogP contribution in [0.25, 0.3) is 0 Å². The molecule has 0 radical (unpaired) electrons. The van der Waals surface area contributed by atoms with E-state index in [0.717, 1.165) is 68.6 Å². The Labute approximate surface area is 171 Å². The number of nitrogens with zero attached hydrogens (tertiary/aromatic N) is 4. The molecule has 0 aromatic carbocycles. The summed E-state index contributed by atoms with van der Waals surface area (Å²) in [7, 11) is 0. The lowest BCUT2D eigenvalue weighted by atomic mass is 9.82. The maximum atomic E-state index is 13.1. The van der Waals surface area contributed by atoms with Crippen LogP contribution in [0.3, 0.4) is 0 Å². The average Bonchev–Trinajstić information content (AvgIpc) is 3.19. The van der Waals surface area contributed by atoms with Crippen molar-refractivity contribution in [2.45, 2.75) is 69.9 Å². The molecule has 0 unspecified atom stereocenters. The lowest BCUT2D eigenvalue weighted by molar-refractivity contribution is -0.138. The molecule has 1 amide bonds. The van der Waals surface area contributed by atoms with Crippen molar-refractivity contribution in [2.24, 2.45) is 0 Å². The third kappa shape index (κ3) is 4.72. The lowest BCUT2D eigenvalue weighted by Crippen LogP contribution is -2.40. The molecule has 2 aliphatic rings. The van der Waals surface area contributed by atoms with Gasteiger partial charge in [0, 0.05) is 30.3 Å². The minimum atomic E-state index is -0.832. The quantitative estimate of drug-likeness (QED) is 0.803. The number of hydrogen-bond donors (Lipinski definition) is 2. The Hall–Kier alpha value is -2.54. The monoisotopic (exact) mass is 395 g/mol. The first-order chi connectivity index (χ1) is 14.0. The van der Waals surface area contributed by atoms with Gasteiger partial charge in [-0.1, -0.05) is 19.3 Å². The van der Waals surface area contributed by atoms with Crippen molar-refractivity contribution in [1.82, 2.24) is 19.9 Å². The van der Waals surface area contributed by atoms with Gasteiger partial charge in [0.15, 0.2) is 0 Å². The van der Waals surface area contributed by atoms with Gasteiger partial charge in [-0.3, -0.25) is 14.8 Å². The Kier molecular flexibility index (Phi) is 5.76. The molecule has 7 nitrogen and oxygen atoms in total. The number of rotatable bonds is 5. The van der Waals surface area contributed by atoms with Crippen LogP contribution in [0.2, 0.25) is 0 Å². The zero-order valence-corrected chi connectivity index (χ0v) is 17.0. The van der Waals surface area contributed by atoms with Crippen molar-refractivity contribution < 1.29 is 9.90 Å². The van der Waals surface area contributed by atoms with Crippen molar-refractivity contribution in [2.75, 3.05) is 11.9 Å². The van der Waals surface area contributed by atoms with Gasteiger partial charge < -0.3 is 15.3 Å². The molecular formula is C22H29N5O2. The zero-order valence-electron chi connectivity index (χ0n) is 17.0. The summed E-state index contributed by atoms with van der Waals surface area (Å²) in [4.78, 5) is 28.1. The van der Waals surface area contributed by atoms with Crippen LogP contribution in [0.4, 0.5) is 11.5 Å². The highest BCUT2D eigenvalue weighted by atomic mass is 16.3. The maximum Gasteiger partial charge on any atom is 0.226 e. The maximum absolute atomic E-state index is 13.1. The van der Waals surface area contributed by atoms with E-state index < -0.39 is 5.60 Å². The predicted octanol–water partition coefficient (Wildman–Crippen LogP) is 3.67. The molecule has 1 saturated heterocycles. The summed E-state index contributed by atoms with van der Waals surface area (Å²) in [6.45, 7) is 2.68. The summed E-state index contributed by atoms with van der Waals surface area (Å²) in [5, 5.41) is 14.1. The standard InChI is InChI=1S/C22H29N5O2/c1-16-12-17(26-20-15-23-9-10-24-20)13-18(25-16)19-6-5-11-27(19)21(28)14-22(29)7-3-2-4-8-22/h9-10,12-13,15,19,29H,2-8,11,14H2,1H3,(H,24,25,26)/t19-/m1/s1. The van der Waals surface area contributed by atoms with Gasteiger partial charge in [0.2, 0.25) is 5.91 Å². The molecule has 1 aliphatic heterocycles. The van der Waals surface area contributed by atoms with E-state index in [1.54, 1.807) is 18.6 Å². The lowest BCUT2D eigenvalue weighted by Gasteiger charge is -2.34. The van der Waals surface area contributed by atoms with Gasteiger partial charge in [-0.25, -0.2) is 4.98 Å². The van der Waals surface area contributed by atoms with Gasteiger partial charge in [0.25, 0.3) is 0 Å². The zero-order chi connectivity index (χ0) is 20.3. The van der Waals surface area contributed by atoms with E-state index in [-0.39, 0.29) is 18.4 Å². The summed E-state index contributed by atoms with van der Waals surface area (Å²) >= 11 is 0. The fraction of sp³-hybridized carbons (Fsp3) is 0.545. The predicted molar refractivity (Wildman–Crippen MR) is 111 cm³/mol.